The predicted octanol–water partition coefficient (Wildman–Crippen LogP) is 5.13. The quantitative estimate of drug-likeness (QED) is 0.502. The fourth-order valence-electron chi connectivity index (χ4n) is 3.52. The van der Waals surface area contributed by atoms with Crippen LogP contribution in [-0.4, -0.2) is 10.4 Å². The van der Waals surface area contributed by atoms with Crippen LogP contribution in [0, 0.1) is 0 Å². The van der Waals surface area contributed by atoms with Gasteiger partial charge < -0.3 is 0 Å². The largest absolute Gasteiger partial charge is 0.291 e. The maximum atomic E-state index is 9.46. The Kier molecular flexibility index (Phi) is 6.85. The van der Waals surface area contributed by atoms with Gasteiger partial charge in [0.05, 0.1) is 11.4 Å². The van der Waals surface area contributed by atoms with Gasteiger partial charge in [0.25, 0.3) is 0 Å². The average Bonchev–Trinajstić information content (AvgIpc) is 2.65. The third-order valence-electron chi connectivity index (χ3n) is 4.88. The molecule has 0 atom stereocenters. The van der Waals surface area contributed by atoms with Gasteiger partial charge in [0.1, 0.15) is 0 Å². The van der Waals surface area contributed by atoms with Crippen LogP contribution in [0.3, 0.4) is 0 Å². The molecule has 0 bridgehead atoms. The lowest BCUT2D eigenvalue weighted by atomic mass is 9.93. The number of hydrogen-bond acceptors (Lipinski definition) is 4. The molecule has 0 heterocycles. The first-order chi connectivity index (χ1) is 12.1. The fraction of sp³-hybridized carbons (Fsp3) is 0.429. The van der Waals surface area contributed by atoms with E-state index < -0.39 is 0 Å². The van der Waals surface area contributed by atoms with Gasteiger partial charge in [-0.15, -0.1) is 0 Å². The van der Waals surface area contributed by atoms with E-state index in [0.717, 1.165) is 65.7 Å². The van der Waals surface area contributed by atoms with E-state index in [1.807, 2.05) is 0 Å². The number of hydrogen-bond donors (Lipinski definition) is 4. The Hall–Kier alpha value is -2.04. The predicted molar refractivity (Wildman–Crippen MR) is 104 cm³/mol. The molecule has 4 nitrogen and oxygen atoms in total. The van der Waals surface area contributed by atoms with Crippen molar-refractivity contribution in [3.63, 3.8) is 0 Å². The van der Waals surface area contributed by atoms with Crippen molar-refractivity contribution in [1.29, 1.82) is 0 Å². The second-order valence-electron chi connectivity index (χ2n) is 6.39. The summed E-state index contributed by atoms with van der Waals surface area (Å²) in [4.78, 5) is 0. The summed E-state index contributed by atoms with van der Waals surface area (Å²) in [6.07, 6.45) is 4.33. The zero-order valence-electron chi connectivity index (χ0n) is 15.7. The molecule has 2 aromatic rings. The molecule has 0 spiro atoms. The van der Waals surface area contributed by atoms with Crippen LogP contribution in [0.15, 0.2) is 24.3 Å². The molecule has 4 heteroatoms. The number of benzene rings is 2. The van der Waals surface area contributed by atoms with Gasteiger partial charge in [-0.25, -0.2) is 0 Å². The van der Waals surface area contributed by atoms with Crippen LogP contribution in [0.5, 0.6) is 0 Å². The second kappa shape index (κ2) is 8.88. The van der Waals surface area contributed by atoms with Crippen LogP contribution >= 0.6 is 0 Å². The molecule has 0 aliphatic carbocycles. The highest BCUT2D eigenvalue weighted by Crippen LogP contribution is 2.28. The third-order valence-corrected chi connectivity index (χ3v) is 4.88. The number of anilines is 2. The molecule has 2 aromatic carbocycles. The third kappa shape index (κ3) is 4.14. The molecule has 4 N–H and O–H groups in total. The molecule has 0 aliphatic rings. The summed E-state index contributed by atoms with van der Waals surface area (Å²) in [5.74, 6) is 0. The Morgan fingerprint density at radius 2 is 0.880 bits per heavy atom. The highest BCUT2D eigenvalue weighted by atomic mass is 16.5. The van der Waals surface area contributed by atoms with E-state index in [-0.39, 0.29) is 0 Å². The summed E-state index contributed by atoms with van der Waals surface area (Å²) in [6.45, 7) is 8.41. The van der Waals surface area contributed by atoms with Crippen molar-refractivity contribution in [2.24, 2.45) is 0 Å². The molecule has 0 saturated carbocycles. The second-order valence-corrected chi connectivity index (χ2v) is 6.39. The van der Waals surface area contributed by atoms with Gasteiger partial charge in [0, 0.05) is 0 Å². The molecule has 25 heavy (non-hydrogen) atoms. The first-order valence-electron chi connectivity index (χ1n) is 9.21. The van der Waals surface area contributed by atoms with E-state index in [4.69, 9.17) is 0 Å². The zero-order valence-corrected chi connectivity index (χ0v) is 15.7. The fourth-order valence-corrected chi connectivity index (χ4v) is 3.52. The van der Waals surface area contributed by atoms with E-state index in [1.54, 1.807) is 0 Å². The normalized spacial score (nSPS) is 10.8. The Morgan fingerprint density at radius 1 is 0.600 bits per heavy atom. The number of nitrogens with one attached hydrogen (secondary N) is 2. The minimum absolute atomic E-state index is 0.845. The van der Waals surface area contributed by atoms with Crippen molar-refractivity contribution >= 4 is 11.4 Å². The standard InChI is InChI=1S/C21H30N2O2/c1-5-16-10-14(11-17(6-2)20(16)22-24)9-15-12-18(7-3)21(23-25)19(8-4)13-15/h10-13,22-25H,5-9H2,1-4H3. The molecule has 136 valence electrons. The summed E-state index contributed by atoms with van der Waals surface area (Å²) < 4.78 is 0. The van der Waals surface area contributed by atoms with Crippen LogP contribution in [0.25, 0.3) is 0 Å². The Labute approximate surface area is 150 Å². The molecule has 0 unspecified atom stereocenters. The van der Waals surface area contributed by atoms with Crippen LogP contribution < -0.4 is 11.0 Å². The first-order valence-corrected chi connectivity index (χ1v) is 9.21. The van der Waals surface area contributed by atoms with Gasteiger partial charge in [0.2, 0.25) is 0 Å². The Morgan fingerprint density at radius 3 is 1.08 bits per heavy atom. The average molecular weight is 342 g/mol. The molecule has 0 aliphatic heterocycles. The van der Waals surface area contributed by atoms with Gasteiger partial charge in [-0.1, -0.05) is 52.0 Å². The van der Waals surface area contributed by atoms with Crippen molar-refractivity contribution in [1.82, 2.24) is 0 Å². The van der Waals surface area contributed by atoms with Crippen molar-refractivity contribution in [2.45, 2.75) is 59.8 Å². The monoisotopic (exact) mass is 342 g/mol. The van der Waals surface area contributed by atoms with Gasteiger partial charge in [-0.2, -0.15) is 0 Å². The molecule has 0 saturated heterocycles. The molecular formula is C21H30N2O2. The molecule has 0 radical (unpaired) electrons. The number of aryl methyl sites for hydroxylation is 4. The minimum atomic E-state index is 0.845. The van der Waals surface area contributed by atoms with E-state index in [9.17, 15) is 10.4 Å². The van der Waals surface area contributed by atoms with E-state index in [0.29, 0.717) is 0 Å². The van der Waals surface area contributed by atoms with E-state index in [1.165, 1.54) is 11.1 Å². The van der Waals surface area contributed by atoms with Crippen LogP contribution in [0.1, 0.15) is 61.1 Å². The van der Waals surface area contributed by atoms with Crippen LogP contribution in [0.4, 0.5) is 11.4 Å². The zero-order chi connectivity index (χ0) is 18.4. The molecule has 0 fully saturated rings. The van der Waals surface area contributed by atoms with Crippen LogP contribution in [-0.2, 0) is 32.1 Å². The summed E-state index contributed by atoms with van der Waals surface area (Å²) in [7, 11) is 0. The summed E-state index contributed by atoms with van der Waals surface area (Å²) >= 11 is 0. The lowest BCUT2D eigenvalue weighted by Gasteiger charge is -2.17. The van der Waals surface area contributed by atoms with Crippen LogP contribution in [0.2, 0.25) is 0 Å². The molecule has 0 aromatic heterocycles. The van der Waals surface area contributed by atoms with Gasteiger partial charge in [-0.3, -0.25) is 21.4 Å². The smallest absolute Gasteiger partial charge is 0.0665 e. The summed E-state index contributed by atoms with van der Waals surface area (Å²) in [5.41, 5.74) is 13.5. The van der Waals surface area contributed by atoms with Crippen molar-refractivity contribution < 1.29 is 10.4 Å². The van der Waals surface area contributed by atoms with E-state index >= 15 is 0 Å². The summed E-state index contributed by atoms with van der Waals surface area (Å²) in [5, 5.41) is 18.9. The highest BCUT2D eigenvalue weighted by Gasteiger charge is 2.12. The Bertz CT molecular complexity index is 614. The van der Waals surface area contributed by atoms with Gasteiger partial charge in [-0.05, 0) is 65.5 Å². The molecular weight excluding hydrogens is 312 g/mol. The van der Waals surface area contributed by atoms with Gasteiger partial charge >= 0.3 is 0 Å². The maximum Gasteiger partial charge on any atom is 0.0665 e. The Balaban J connectivity index is 2.45. The molecule has 2 rings (SSSR count). The van der Waals surface area contributed by atoms with E-state index in [2.05, 4.69) is 62.9 Å². The SMILES string of the molecule is CCc1cc(Cc2cc(CC)c(NO)c(CC)c2)cc(CC)c1NO. The maximum absolute atomic E-state index is 9.46. The van der Waals surface area contributed by atoms with Gasteiger partial charge in [0.15, 0.2) is 0 Å². The highest BCUT2D eigenvalue weighted by molar-refractivity contribution is 5.60. The molecule has 0 amide bonds. The topological polar surface area (TPSA) is 64.5 Å². The van der Waals surface area contributed by atoms with Crippen molar-refractivity contribution in [2.75, 3.05) is 11.0 Å². The van der Waals surface area contributed by atoms with Crippen molar-refractivity contribution in [3.05, 3.63) is 57.6 Å². The number of rotatable bonds is 8. The first kappa shape index (κ1) is 19.3. The lowest BCUT2D eigenvalue weighted by Crippen LogP contribution is -2.04. The van der Waals surface area contributed by atoms with Crippen molar-refractivity contribution in [3.8, 4) is 0 Å². The summed E-state index contributed by atoms with van der Waals surface area (Å²) in [6, 6.07) is 8.70. The minimum Gasteiger partial charge on any atom is -0.291 e. The lowest BCUT2D eigenvalue weighted by molar-refractivity contribution is 0.387.